The number of para-hydroxylation sites is 2. The number of methoxy groups -OCH3 is 1. The lowest BCUT2D eigenvalue weighted by Gasteiger charge is -2.32. The SMILES string of the molecule is COc1ccccc1-n1ccc(C)c(C(=O)N2CCCC(c3ncn[nH]3)C2)c1=O. The molecule has 1 aromatic carbocycles. The van der Waals surface area contributed by atoms with E-state index in [0.717, 1.165) is 18.7 Å². The maximum atomic E-state index is 13.3. The summed E-state index contributed by atoms with van der Waals surface area (Å²) >= 11 is 0. The number of hydrogen-bond donors (Lipinski definition) is 1. The van der Waals surface area contributed by atoms with Crippen LogP contribution in [0.3, 0.4) is 0 Å². The van der Waals surface area contributed by atoms with Crippen LogP contribution in [0.25, 0.3) is 5.69 Å². The first kappa shape index (κ1) is 18.9. The number of hydrogen-bond acceptors (Lipinski definition) is 5. The average molecular weight is 393 g/mol. The van der Waals surface area contributed by atoms with Gasteiger partial charge in [0.25, 0.3) is 11.5 Å². The van der Waals surface area contributed by atoms with E-state index in [1.165, 1.54) is 10.9 Å². The van der Waals surface area contributed by atoms with E-state index in [2.05, 4.69) is 15.2 Å². The molecule has 150 valence electrons. The highest BCUT2D eigenvalue weighted by Gasteiger charge is 2.29. The van der Waals surface area contributed by atoms with E-state index >= 15 is 0 Å². The van der Waals surface area contributed by atoms with Gasteiger partial charge in [0.05, 0.1) is 12.8 Å². The zero-order chi connectivity index (χ0) is 20.4. The van der Waals surface area contributed by atoms with Gasteiger partial charge in [-0.15, -0.1) is 0 Å². The van der Waals surface area contributed by atoms with Gasteiger partial charge in [0.15, 0.2) is 0 Å². The standard InChI is InChI=1S/C21H23N5O3/c1-14-9-11-26(16-7-3-4-8-17(16)29-2)21(28)18(14)20(27)25-10-5-6-15(12-25)19-22-13-23-24-19/h3-4,7-9,11,13,15H,5-6,10,12H2,1-2H3,(H,22,23,24). The van der Waals surface area contributed by atoms with Gasteiger partial charge in [0.2, 0.25) is 0 Å². The topological polar surface area (TPSA) is 93.1 Å². The van der Waals surface area contributed by atoms with E-state index in [1.807, 2.05) is 12.1 Å². The second-order valence-corrected chi connectivity index (χ2v) is 7.18. The molecule has 1 fully saturated rings. The van der Waals surface area contributed by atoms with E-state index in [-0.39, 0.29) is 22.9 Å². The second kappa shape index (κ2) is 7.90. The molecule has 1 aliphatic heterocycles. The van der Waals surface area contributed by atoms with Crippen molar-refractivity contribution in [1.82, 2.24) is 24.6 Å². The van der Waals surface area contributed by atoms with E-state index < -0.39 is 0 Å². The summed E-state index contributed by atoms with van der Waals surface area (Å²) in [6.45, 7) is 2.92. The zero-order valence-corrected chi connectivity index (χ0v) is 16.5. The first-order valence-electron chi connectivity index (χ1n) is 9.60. The fourth-order valence-electron chi connectivity index (χ4n) is 3.86. The largest absolute Gasteiger partial charge is 0.495 e. The minimum atomic E-state index is -0.346. The fourth-order valence-corrected chi connectivity index (χ4v) is 3.86. The molecule has 1 saturated heterocycles. The zero-order valence-electron chi connectivity index (χ0n) is 16.5. The summed E-state index contributed by atoms with van der Waals surface area (Å²) in [5, 5.41) is 6.80. The summed E-state index contributed by atoms with van der Waals surface area (Å²) in [4.78, 5) is 32.6. The van der Waals surface area contributed by atoms with Crippen molar-refractivity contribution < 1.29 is 9.53 Å². The van der Waals surface area contributed by atoms with E-state index in [1.54, 1.807) is 43.3 Å². The minimum Gasteiger partial charge on any atom is -0.495 e. The third kappa shape index (κ3) is 3.53. The Morgan fingerprint density at radius 1 is 1.28 bits per heavy atom. The van der Waals surface area contributed by atoms with Crippen molar-refractivity contribution in [2.75, 3.05) is 20.2 Å². The maximum Gasteiger partial charge on any atom is 0.268 e. The molecule has 0 spiro atoms. The van der Waals surface area contributed by atoms with Gasteiger partial charge in [0.1, 0.15) is 23.5 Å². The summed E-state index contributed by atoms with van der Waals surface area (Å²) < 4.78 is 6.85. The van der Waals surface area contributed by atoms with Gasteiger partial charge in [-0.2, -0.15) is 5.10 Å². The molecule has 0 radical (unpaired) electrons. The number of aryl methyl sites for hydroxylation is 1. The lowest BCUT2D eigenvalue weighted by Crippen LogP contribution is -2.42. The number of carbonyl (C=O) groups is 1. The summed E-state index contributed by atoms with van der Waals surface area (Å²) in [5.41, 5.74) is 1.11. The van der Waals surface area contributed by atoms with Crippen LogP contribution < -0.4 is 10.3 Å². The predicted octanol–water partition coefficient (Wildman–Crippen LogP) is 2.29. The average Bonchev–Trinajstić information content (AvgIpc) is 3.29. The van der Waals surface area contributed by atoms with Crippen LogP contribution in [-0.2, 0) is 0 Å². The molecule has 4 rings (SSSR count). The van der Waals surface area contributed by atoms with Crippen molar-refractivity contribution in [3.05, 3.63) is 70.2 Å². The number of H-pyrrole nitrogens is 1. The molecule has 3 aromatic rings. The number of piperidine rings is 1. The molecule has 1 amide bonds. The molecule has 2 aromatic heterocycles. The Kier molecular flexibility index (Phi) is 5.16. The lowest BCUT2D eigenvalue weighted by atomic mass is 9.96. The number of nitrogens with zero attached hydrogens (tertiary/aromatic N) is 4. The van der Waals surface area contributed by atoms with Gasteiger partial charge < -0.3 is 9.64 Å². The second-order valence-electron chi connectivity index (χ2n) is 7.18. The Bertz CT molecular complexity index is 1070. The molecule has 0 saturated carbocycles. The van der Waals surface area contributed by atoms with Crippen LogP contribution in [0.5, 0.6) is 5.75 Å². The first-order chi connectivity index (χ1) is 14.1. The molecular weight excluding hydrogens is 370 g/mol. The van der Waals surface area contributed by atoms with Gasteiger partial charge in [0, 0.05) is 25.2 Å². The Labute approximate surface area is 168 Å². The smallest absolute Gasteiger partial charge is 0.268 e. The first-order valence-corrected chi connectivity index (χ1v) is 9.60. The molecule has 0 aliphatic carbocycles. The van der Waals surface area contributed by atoms with Gasteiger partial charge in [-0.3, -0.25) is 19.3 Å². The normalized spacial score (nSPS) is 16.6. The van der Waals surface area contributed by atoms with Gasteiger partial charge in [-0.25, -0.2) is 4.98 Å². The maximum absolute atomic E-state index is 13.3. The van der Waals surface area contributed by atoms with Gasteiger partial charge in [-0.1, -0.05) is 12.1 Å². The number of benzene rings is 1. The Hall–Kier alpha value is -3.42. The monoisotopic (exact) mass is 393 g/mol. The number of carbonyl (C=O) groups excluding carboxylic acids is 1. The van der Waals surface area contributed by atoms with Crippen LogP contribution in [0.15, 0.2) is 47.7 Å². The summed E-state index contributed by atoms with van der Waals surface area (Å²) in [6.07, 6.45) is 4.94. The van der Waals surface area contributed by atoms with Gasteiger partial charge >= 0.3 is 0 Å². The van der Waals surface area contributed by atoms with Crippen LogP contribution in [0.4, 0.5) is 0 Å². The molecule has 8 nitrogen and oxygen atoms in total. The summed E-state index contributed by atoms with van der Waals surface area (Å²) in [6, 6.07) is 9.04. The van der Waals surface area contributed by atoms with Crippen molar-refractivity contribution in [2.45, 2.75) is 25.7 Å². The molecule has 3 heterocycles. The molecule has 0 bridgehead atoms. The minimum absolute atomic E-state index is 0.0932. The number of rotatable bonds is 4. The predicted molar refractivity (Wildman–Crippen MR) is 108 cm³/mol. The van der Waals surface area contributed by atoms with Crippen LogP contribution in [0.1, 0.15) is 40.5 Å². The third-order valence-corrected chi connectivity index (χ3v) is 5.39. The number of pyridine rings is 1. The number of ether oxygens (including phenoxy) is 1. The highest BCUT2D eigenvalue weighted by Crippen LogP contribution is 2.26. The number of aromatic amines is 1. The number of likely N-dealkylation sites (tertiary alicyclic amines) is 1. The number of amides is 1. The molecular formula is C21H23N5O3. The lowest BCUT2D eigenvalue weighted by molar-refractivity contribution is 0.0701. The number of aromatic nitrogens is 4. The Morgan fingerprint density at radius 2 is 2.10 bits per heavy atom. The van der Waals surface area contributed by atoms with Crippen LogP contribution in [0.2, 0.25) is 0 Å². The van der Waals surface area contributed by atoms with Crippen LogP contribution in [0, 0.1) is 6.92 Å². The van der Waals surface area contributed by atoms with E-state index in [4.69, 9.17) is 4.74 Å². The van der Waals surface area contributed by atoms with Crippen molar-refractivity contribution in [2.24, 2.45) is 0 Å². The quantitative estimate of drug-likeness (QED) is 0.734. The van der Waals surface area contributed by atoms with Crippen molar-refractivity contribution in [3.63, 3.8) is 0 Å². The van der Waals surface area contributed by atoms with Crippen LogP contribution in [-0.4, -0.2) is 50.8 Å². The summed E-state index contributed by atoms with van der Waals surface area (Å²) in [7, 11) is 1.56. The molecule has 1 aliphatic rings. The molecule has 29 heavy (non-hydrogen) atoms. The van der Waals surface area contributed by atoms with Gasteiger partial charge in [-0.05, 0) is 43.5 Å². The van der Waals surface area contributed by atoms with Crippen molar-refractivity contribution in [1.29, 1.82) is 0 Å². The highest BCUT2D eigenvalue weighted by molar-refractivity contribution is 5.95. The molecule has 1 N–H and O–H groups in total. The molecule has 1 atom stereocenters. The van der Waals surface area contributed by atoms with E-state index in [0.29, 0.717) is 30.1 Å². The fraction of sp³-hybridized carbons (Fsp3) is 0.333. The molecule has 8 heteroatoms. The van der Waals surface area contributed by atoms with Crippen LogP contribution >= 0.6 is 0 Å². The number of nitrogens with one attached hydrogen (secondary N) is 1. The van der Waals surface area contributed by atoms with E-state index in [9.17, 15) is 9.59 Å². The summed E-state index contributed by atoms with van der Waals surface area (Å²) in [5.74, 6) is 1.19. The Balaban J connectivity index is 1.69. The Morgan fingerprint density at radius 3 is 2.86 bits per heavy atom. The highest BCUT2D eigenvalue weighted by atomic mass is 16.5. The van der Waals surface area contributed by atoms with Crippen molar-refractivity contribution in [3.8, 4) is 11.4 Å². The molecule has 1 unspecified atom stereocenters. The van der Waals surface area contributed by atoms with Crippen molar-refractivity contribution >= 4 is 5.91 Å². The third-order valence-electron chi connectivity index (χ3n) is 5.39.